The summed E-state index contributed by atoms with van der Waals surface area (Å²) in [6.45, 7) is 0. The lowest BCUT2D eigenvalue weighted by Crippen LogP contribution is -2.19. The Morgan fingerprint density at radius 1 is 0.842 bits per heavy atom. The van der Waals surface area contributed by atoms with E-state index in [1.165, 1.54) is 24.3 Å². The first-order chi connectivity index (χ1) is 9.04. The number of thiocarbonyl (C=S) groups is 1. The molecule has 2 N–H and O–H groups in total. The average molecular weight is 282 g/mol. The van der Waals surface area contributed by atoms with E-state index in [2.05, 4.69) is 10.6 Å². The maximum Gasteiger partial charge on any atom is 0.175 e. The van der Waals surface area contributed by atoms with Crippen LogP contribution in [-0.2, 0) is 0 Å². The second-order valence-electron chi connectivity index (χ2n) is 3.71. The zero-order chi connectivity index (χ0) is 13.8. The second-order valence-corrected chi connectivity index (χ2v) is 4.12. The van der Waals surface area contributed by atoms with Crippen LogP contribution in [0.4, 0.5) is 24.5 Å². The maximum absolute atomic E-state index is 13.4. The molecule has 19 heavy (non-hydrogen) atoms. The quantitative estimate of drug-likeness (QED) is 0.817. The summed E-state index contributed by atoms with van der Waals surface area (Å²) in [4.78, 5) is 0. The smallest absolute Gasteiger partial charge is 0.175 e. The molecular weight excluding hydrogens is 273 g/mol. The van der Waals surface area contributed by atoms with Crippen LogP contribution in [0.3, 0.4) is 0 Å². The molecule has 2 nitrogen and oxygen atoms in total. The normalized spacial score (nSPS) is 10.1. The molecule has 0 atom stereocenters. The van der Waals surface area contributed by atoms with Crippen LogP contribution in [0, 0.1) is 17.5 Å². The monoisotopic (exact) mass is 282 g/mol. The van der Waals surface area contributed by atoms with Gasteiger partial charge in [-0.3, -0.25) is 0 Å². The number of rotatable bonds is 2. The second kappa shape index (κ2) is 5.71. The minimum absolute atomic E-state index is 0.0698. The van der Waals surface area contributed by atoms with E-state index in [-0.39, 0.29) is 16.6 Å². The molecule has 0 radical (unpaired) electrons. The molecule has 0 fully saturated rings. The van der Waals surface area contributed by atoms with Gasteiger partial charge in [-0.25, -0.2) is 13.2 Å². The molecule has 0 saturated carbocycles. The van der Waals surface area contributed by atoms with E-state index < -0.39 is 11.6 Å². The topological polar surface area (TPSA) is 24.1 Å². The lowest BCUT2D eigenvalue weighted by molar-refractivity contribution is 0.604. The SMILES string of the molecule is Fc1ccc(NC(=S)Nc2cc(F)ccc2F)cc1. The molecule has 0 unspecified atom stereocenters. The van der Waals surface area contributed by atoms with Gasteiger partial charge < -0.3 is 10.6 Å². The van der Waals surface area contributed by atoms with Crippen LogP contribution < -0.4 is 10.6 Å². The van der Waals surface area contributed by atoms with Gasteiger partial charge in [0.15, 0.2) is 5.11 Å². The molecule has 0 saturated heterocycles. The molecule has 0 aliphatic heterocycles. The summed E-state index contributed by atoms with van der Waals surface area (Å²) in [5.41, 5.74) is 0.468. The predicted molar refractivity (Wildman–Crippen MR) is 72.6 cm³/mol. The van der Waals surface area contributed by atoms with E-state index in [0.29, 0.717) is 5.69 Å². The van der Waals surface area contributed by atoms with Crippen molar-refractivity contribution in [3.05, 3.63) is 59.9 Å². The van der Waals surface area contributed by atoms with Crippen molar-refractivity contribution in [2.45, 2.75) is 0 Å². The first-order valence-corrected chi connectivity index (χ1v) is 5.74. The summed E-state index contributed by atoms with van der Waals surface area (Å²) >= 11 is 4.95. The molecular formula is C13H9F3N2S. The van der Waals surface area contributed by atoms with E-state index in [1.54, 1.807) is 0 Å². The fourth-order valence-corrected chi connectivity index (χ4v) is 1.64. The van der Waals surface area contributed by atoms with Crippen LogP contribution >= 0.6 is 12.2 Å². The summed E-state index contributed by atoms with van der Waals surface area (Å²) in [5, 5.41) is 5.33. The molecule has 0 amide bonds. The molecule has 0 aliphatic carbocycles. The minimum Gasteiger partial charge on any atom is -0.332 e. The van der Waals surface area contributed by atoms with E-state index in [9.17, 15) is 13.2 Å². The molecule has 0 aromatic heterocycles. The summed E-state index contributed by atoms with van der Waals surface area (Å²) in [6.07, 6.45) is 0. The third-order valence-electron chi connectivity index (χ3n) is 2.28. The molecule has 98 valence electrons. The van der Waals surface area contributed by atoms with Crippen molar-refractivity contribution in [2.75, 3.05) is 10.6 Å². The van der Waals surface area contributed by atoms with Crippen molar-refractivity contribution < 1.29 is 13.2 Å². The highest BCUT2D eigenvalue weighted by Gasteiger charge is 2.06. The van der Waals surface area contributed by atoms with Crippen molar-refractivity contribution in [3.63, 3.8) is 0 Å². The molecule has 0 aliphatic rings. The Bertz CT molecular complexity index is 599. The number of anilines is 2. The number of hydrogen-bond donors (Lipinski definition) is 2. The van der Waals surface area contributed by atoms with Crippen LogP contribution in [-0.4, -0.2) is 5.11 Å². The third kappa shape index (κ3) is 3.69. The van der Waals surface area contributed by atoms with Crippen molar-refractivity contribution in [1.29, 1.82) is 0 Å². The van der Waals surface area contributed by atoms with Crippen LogP contribution in [0.5, 0.6) is 0 Å². The molecule has 2 aromatic rings. The Morgan fingerprint density at radius 2 is 1.47 bits per heavy atom. The van der Waals surface area contributed by atoms with Crippen LogP contribution in [0.1, 0.15) is 0 Å². The zero-order valence-corrected chi connectivity index (χ0v) is 10.4. The van der Waals surface area contributed by atoms with Crippen LogP contribution in [0.15, 0.2) is 42.5 Å². The van der Waals surface area contributed by atoms with Crippen LogP contribution in [0.25, 0.3) is 0 Å². The fourth-order valence-electron chi connectivity index (χ4n) is 1.41. The Hall–Kier alpha value is -2.08. The summed E-state index contributed by atoms with van der Waals surface area (Å²) in [5.74, 6) is -1.57. The fraction of sp³-hybridized carbons (Fsp3) is 0. The Kier molecular flexibility index (Phi) is 4.01. The van der Waals surface area contributed by atoms with Gasteiger partial charge in [-0.15, -0.1) is 0 Å². The van der Waals surface area contributed by atoms with Gasteiger partial charge in [0.2, 0.25) is 0 Å². The Labute approximate surface area is 113 Å². The molecule has 2 aromatic carbocycles. The minimum atomic E-state index is -0.621. The highest BCUT2D eigenvalue weighted by atomic mass is 32.1. The highest BCUT2D eigenvalue weighted by molar-refractivity contribution is 7.80. The van der Waals surface area contributed by atoms with E-state index in [1.807, 2.05) is 0 Å². The molecule has 0 spiro atoms. The maximum atomic E-state index is 13.4. The van der Waals surface area contributed by atoms with E-state index in [4.69, 9.17) is 12.2 Å². The average Bonchev–Trinajstić information content (AvgIpc) is 2.37. The highest BCUT2D eigenvalue weighted by Crippen LogP contribution is 2.16. The Morgan fingerprint density at radius 3 is 2.16 bits per heavy atom. The van der Waals surface area contributed by atoms with Crippen molar-refractivity contribution >= 4 is 28.7 Å². The van der Waals surface area contributed by atoms with Gasteiger partial charge in [-0.1, -0.05) is 0 Å². The van der Waals surface area contributed by atoms with Crippen LogP contribution in [0.2, 0.25) is 0 Å². The van der Waals surface area contributed by atoms with Gasteiger partial charge in [0.05, 0.1) is 5.69 Å². The summed E-state index contributed by atoms with van der Waals surface area (Å²) < 4.78 is 39.0. The van der Waals surface area contributed by atoms with Crippen molar-refractivity contribution in [1.82, 2.24) is 0 Å². The zero-order valence-electron chi connectivity index (χ0n) is 9.58. The molecule has 2 rings (SSSR count). The number of halogens is 3. The third-order valence-corrected chi connectivity index (χ3v) is 2.48. The van der Waals surface area contributed by atoms with Gasteiger partial charge in [-0.2, -0.15) is 0 Å². The standard InChI is InChI=1S/C13H9F3N2S/c14-8-1-4-10(5-2-8)17-13(19)18-12-7-9(15)3-6-11(12)16/h1-7H,(H2,17,18,19). The van der Waals surface area contributed by atoms with Crippen molar-refractivity contribution in [2.24, 2.45) is 0 Å². The number of benzene rings is 2. The molecule has 6 heteroatoms. The lowest BCUT2D eigenvalue weighted by Gasteiger charge is -2.11. The molecule has 0 bridgehead atoms. The van der Waals surface area contributed by atoms with E-state index in [0.717, 1.165) is 18.2 Å². The number of nitrogens with one attached hydrogen (secondary N) is 2. The largest absolute Gasteiger partial charge is 0.332 e. The first kappa shape index (κ1) is 13.4. The summed E-state index contributed by atoms with van der Waals surface area (Å²) in [7, 11) is 0. The predicted octanol–water partition coefficient (Wildman–Crippen LogP) is 3.91. The van der Waals surface area contributed by atoms with Gasteiger partial charge in [0.1, 0.15) is 17.5 Å². The Balaban J connectivity index is 2.05. The van der Waals surface area contributed by atoms with Gasteiger partial charge in [0.25, 0.3) is 0 Å². The van der Waals surface area contributed by atoms with Crippen molar-refractivity contribution in [3.8, 4) is 0 Å². The van der Waals surface area contributed by atoms with Gasteiger partial charge >= 0.3 is 0 Å². The number of hydrogen-bond acceptors (Lipinski definition) is 1. The summed E-state index contributed by atoms with van der Waals surface area (Å²) in [6, 6.07) is 8.47. The van der Waals surface area contributed by atoms with Gasteiger partial charge in [0, 0.05) is 11.8 Å². The molecule has 0 heterocycles. The van der Waals surface area contributed by atoms with E-state index >= 15 is 0 Å². The van der Waals surface area contributed by atoms with Gasteiger partial charge in [-0.05, 0) is 48.6 Å². The lowest BCUT2D eigenvalue weighted by atomic mass is 10.3. The first-order valence-electron chi connectivity index (χ1n) is 5.33.